The zero-order valence-electron chi connectivity index (χ0n) is 9.09. The number of ether oxygens (including phenoxy) is 1. The zero-order valence-corrected chi connectivity index (χ0v) is 9.09. The molecule has 0 aliphatic rings. The van der Waals surface area contributed by atoms with Gasteiger partial charge in [0.05, 0.1) is 12.7 Å². The fourth-order valence-corrected chi connectivity index (χ4v) is 1.23. The fraction of sp³-hybridized carbons (Fsp3) is 0.364. The monoisotopic (exact) mass is 192 g/mol. The Balaban J connectivity index is 3.14. The standard InChI is InChI=1S/C11H16N2O/c1-8-5-6-9(10(7-8)14-4)11(12)13(2)3/h5-7,12H,1-4H3. The third-order valence-electron chi connectivity index (χ3n) is 2.06. The molecular weight excluding hydrogens is 176 g/mol. The van der Waals surface area contributed by atoms with Crippen LogP contribution in [-0.2, 0) is 0 Å². The minimum atomic E-state index is 0.460. The molecule has 0 aliphatic carbocycles. The van der Waals surface area contributed by atoms with Crippen LogP contribution in [0.25, 0.3) is 0 Å². The lowest BCUT2D eigenvalue weighted by atomic mass is 10.1. The molecular formula is C11H16N2O. The van der Waals surface area contributed by atoms with Crippen LogP contribution in [0.5, 0.6) is 5.75 Å². The molecule has 1 aromatic rings. The average Bonchev–Trinajstić information content (AvgIpc) is 2.16. The van der Waals surface area contributed by atoms with Crippen molar-refractivity contribution in [3.05, 3.63) is 29.3 Å². The van der Waals surface area contributed by atoms with Crippen molar-refractivity contribution in [2.75, 3.05) is 21.2 Å². The zero-order chi connectivity index (χ0) is 10.7. The number of aryl methyl sites for hydroxylation is 1. The van der Waals surface area contributed by atoms with E-state index in [9.17, 15) is 0 Å². The quantitative estimate of drug-likeness (QED) is 0.574. The maximum absolute atomic E-state index is 7.85. The lowest BCUT2D eigenvalue weighted by Crippen LogP contribution is -2.22. The number of benzene rings is 1. The van der Waals surface area contributed by atoms with Gasteiger partial charge in [-0.05, 0) is 24.6 Å². The summed E-state index contributed by atoms with van der Waals surface area (Å²) in [4.78, 5) is 1.76. The first-order valence-corrected chi connectivity index (χ1v) is 4.47. The summed E-state index contributed by atoms with van der Waals surface area (Å²) < 4.78 is 5.23. The molecule has 1 aromatic carbocycles. The van der Waals surface area contributed by atoms with Gasteiger partial charge in [0.1, 0.15) is 11.6 Å². The van der Waals surface area contributed by atoms with Crippen molar-refractivity contribution in [1.29, 1.82) is 5.41 Å². The predicted octanol–water partition coefficient (Wildman–Crippen LogP) is 1.89. The summed E-state index contributed by atoms with van der Waals surface area (Å²) in [5, 5.41) is 7.85. The van der Waals surface area contributed by atoms with Crippen molar-refractivity contribution in [2.45, 2.75) is 6.92 Å². The molecule has 0 fully saturated rings. The molecule has 76 valence electrons. The second kappa shape index (κ2) is 4.13. The SMILES string of the molecule is COc1cc(C)ccc1C(=N)N(C)C. The first-order valence-electron chi connectivity index (χ1n) is 4.47. The van der Waals surface area contributed by atoms with Gasteiger partial charge < -0.3 is 9.64 Å². The number of nitrogens with zero attached hydrogens (tertiary/aromatic N) is 1. The Bertz CT molecular complexity index is 345. The lowest BCUT2D eigenvalue weighted by Gasteiger charge is -2.16. The van der Waals surface area contributed by atoms with Crippen LogP contribution in [0.2, 0.25) is 0 Å². The van der Waals surface area contributed by atoms with Gasteiger partial charge in [0, 0.05) is 14.1 Å². The second-order valence-electron chi connectivity index (χ2n) is 3.45. The molecule has 3 heteroatoms. The fourth-order valence-electron chi connectivity index (χ4n) is 1.23. The molecule has 0 unspecified atom stereocenters. The third kappa shape index (κ3) is 2.05. The highest BCUT2D eigenvalue weighted by Gasteiger charge is 2.09. The molecule has 0 heterocycles. The molecule has 0 amide bonds. The molecule has 0 atom stereocenters. The van der Waals surface area contributed by atoms with Crippen molar-refractivity contribution < 1.29 is 4.74 Å². The highest BCUT2D eigenvalue weighted by Crippen LogP contribution is 2.20. The topological polar surface area (TPSA) is 36.3 Å². The van der Waals surface area contributed by atoms with Crippen molar-refractivity contribution >= 4 is 5.84 Å². The van der Waals surface area contributed by atoms with E-state index in [0.717, 1.165) is 16.9 Å². The Morgan fingerprint density at radius 3 is 2.50 bits per heavy atom. The number of methoxy groups -OCH3 is 1. The van der Waals surface area contributed by atoms with E-state index in [1.807, 2.05) is 39.2 Å². The number of amidine groups is 1. The van der Waals surface area contributed by atoms with E-state index < -0.39 is 0 Å². The maximum atomic E-state index is 7.85. The van der Waals surface area contributed by atoms with Crippen LogP contribution in [0.4, 0.5) is 0 Å². The smallest absolute Gasteiger partial charge is 0.131 e. The molecule has 0 radical (unpaired) electrons. The largest absolute Gasteiger partial charge is 0.496 e. The maximum Gasteiger partial charge on any atom is 0.131 e. The van der Waals surface area contributed by atoms with Gasteiger partial charge >= 0.3 is 0 Å². The summed E-state index contributed by atoms with van der Waals surface area (Å²) in [7, 11) is 5.32. The van der Waals surface area contributed by atoms with Crippen molar-refractivity contribution in [3.8, 4) is 5.75 Å². The lowest BCUT2D eigenvalue weighted by molar-refractivity contribution is 0.412. The summed E-state index contributed by atoms with van der Waals surface area (Å²) in [6.45, 7) is 2.01. The first kappa shape index (κ1) is 10.6. The molecule has 0 bridgehead atoms. The highest BCUT2D eigenvalue weighted by molar-refractivity contribution is 5.98. The van der Waals surface area contributed by atoms with Crippen LogP contribution in [0.1, 0.15) is 11.1 Å². The number of rotatable bonds is 2. The Hall–Kier alpha value is -1.51. The minimum Gasteiger partial charge on any atom is -0.496 e. The number of hydrogen-bond acceptors (Lipinski definition) is 2. The van der Waals surface area contributed by atoms with Gasteiger partial charge in [0.15, 0.2) is 0 Å². The molecule has 0 aliphatic heterocycles. The normalized spacial score (nSPS) is 9.71. The molecule has 1 N–H and O–H groups in total. The van der Waals surface area contributed by atoms with Gasteiger partial charge in [-0.15, -0.1) is 0 Å². The van der Waals surface area contributed by atoms with Crippen LogP contribution in [0.15, 0.2) is 18.2 Å². The predicted molar refractivity (Wildman–Crippen MR) is 58.2 cm³/mol. The molecule has 0 spiro atoms. The number of hydrogen-bond donors (Lipinski definition) is 1. The highest BCUT2D eigenvalue weighted by atomic mass is 16.5. The van der Waals surface area contributed by atoms with E-state index in [2.05, 4.69) is 0 Å². The molecule has 1 rings (SSSR count). The van der Waals surface area contributed by atoms with E-state index in [-0.39, 0.29) is 0 Å². The van der Waals surface area contributed by atoms with E-state index in [1.165, 1.54) is 0 Å². The van der Waals surface area contributed by atoms with Crippen LogP contribution < -0.4 is 4.74 Å². The molecule has 14 heavy (non-hydrogen) atoms. The first-order chi connectivity index (χ1) is 6.56. The van der Waals surface area contributed by atoms with E-state index in [1.54, 1.807) is 12.0 Å². The Morgan fingerprint density at radius 2 is 2.00 bits per heavy atom. The summed E-state index contributed by atoms with van der Waals surface area (Å²) in [5.41, 5.74) is 1.96. The molecule has 0 saturated heterocycles. The molecule has 0 aromatic heterocycles. The van der Waals surface area contributed by atoms with Gasteiger partial charge in [0.25, 0.3) is 0 Å². The van der Waals surface area contributed by atoms with E-state index in [4.69, 9.17) is 10.1 Å². The van der Waals surface area contributed by atoms with Gasteiger partial charge in [-0.25, -0.2) is 0 Å². The van der Waals surface area contributed by atoms with Gasteiger partial charge in [-0.2, -0.15) is 0 Å². The Kier molecular flexibility index (Phi) is 3.12. The van der Waals surface area contributed by atoms with Crippen molar-refractivity contribution in [3.63, 3.8) is 0 Å². The van der Waals surface area contributed by atoms with E-state index in [0.29, 0.717) is 5.84 Å². The van der Waals surface area contributed by atoms with Crippen molar-refractivity contribution in [1.82, 2.24) is 4.90 Å². The van der Waals surface area contributed by atoms with Gasteiger partial charge in [-0.1, -0.05) is 6.07 Å². The van der Waals surface area contributed by atoms with Crippen molar-refractivity contribution in [2.24, 2.45) is 0 Å². The van der Waals surface area contributed by atoms with Crippen LogP contribution in [0.3, 0.4) is 0 Å². The third-order valence-corrected chi connectivity index (χ3v) is 2.06. The second-order valence-corrected chi connectivity index (χ2v) is 3.45. The Morgan fingerprint density at radius 1 is 1.36 bits per heavy atom. The summed E-state index contributed by atoms with van der Waals surface area (Å²) in [6.07, 6.45) is 0. The van der Waals surface area contributed by atoms with E-state index >= 15 is 0 Å². The summed E-state index contributed by atoms with van der Waals surface area (Å²) in [6, 6.07) is 5.83. The summed E-state index contributed by atoms with van der Waals surface area (Å²) in [5.74, 6) is 1.21. The van der Waals surface area contributed by atoms with Gasteiger partial charge in [0.2, 0.25) is 0 Å². The van der Waals surface area contributed by atoms with Crippen LogP contribution in [0, 0.1) is 12.3 Å². The van der Waals surface area contributed by atoms with Crippen LogP contribution in [-0.4, -0.2) is 31.9 Å². The Labute approximate surface area is 84.8 Å². The summed E-state index contributed by atoms with van der Waals surface area (Å²) >= 11 is 0. The molecule has 0 saturated carbocycles. The minimum absolute atomic E-state index is 0.460. The number of nitrogens with one attached hydrogen (secondary N) is 1. The molecule has 3 nitrogen and oxygen atoms in total. The van der Waals surface area contributed by atoms with Crippen LogP contribution >= 0.6 is 0 Å². The van der Waals surface area contributed by atoms with Gasteiger partial charge in [-0.3, -0.25) is 5.41 Å². The average molecular weight is 192 g/mol.